The number of carbonyl (C=O) groups is 1. The zero-order valence-electron chi connectivity index (χ0n) is 19.9. The molecule has 8 heteroatoms. The molecule has 1 aromatic heterocycles. The molecule has 37 heavy (non-hydrogen) atoms. The molecule has 3 aromatic carbocycles. The van der Waals surface area contributed by atoms with Gasteiger partial charge in [0.1, 0.15) is 10.6 Å². The van der Waals surface area contributed by atoms with Crippen LogP contribution in [0.1, 0.15) is 52.9 Å². The molecule has 3 nitrogen and oxygen atoms in total. The van der Waals surface area contributed by atoms with Crippen LogP contribution in [0.15, 0.2) is 66.7 Å². The van der Waals surface area contributed by atoms with Gasteiger partial charge in [-0.2, -0.15) is 13.2 Å². The number of hydrogen-bond donors (Lipinski definition) is 1. The minimum Gasteiger partial charge on any atom is -0.508 e. The Morgan fingerprint density at radius 1 is 0.973 bits per heavy atom. The number of phenolic OH excluding ortho intramolecular Hbond substituents is 1. The molecule has 1 amide bonds. The molecule has 0 unspecified atom stereocenters. The van der Waals surface area contributed by atoms with Crippen LogP contribution in [-0.2, 0) is 12.7 Å². The zero-order chi connectivity index (χ0) is 26.2. The third-order valence-corrected chi connectivity index (χ3v) is 8.63. The molecule has 1 aliphatic rings. The normalized spacial score (nSPS) is 14.7. The van der Waals surface area contributed by atoms with E-state index in [1.54, 1.807) is 17.0 Å². The number of phenols is 1. The molecule has 1 fully saturated rings. The summed E-state index contributed by atoms with van der Waals surface area (Å²) in [5, 5.41) is 12.0. The molecule has 4 aromatic rings. The summed E-state index contributed by atoms with van der Waals surface area (Å²) in [4.78, 5) is 16.2. The number of fused-ring (bicyclic) bond motifs is 1. The molecular formula is C29H25ClF3NO2S. The fourth-order valence-corrected chi connectivity index (χ4v) is 6.44. The molecular weight excluding hydrogens is 519 g/mol. The average molecular weight is 544 g/mol. The molecule has 0 atom stereocenters. The van der Waals surface area contributed by atoms with E-state index < -0.39 is 11.7 Å². The average Bonchev–Trinajstić information content (AvgIpc) is 3.24. The standard InChI is InChI=1S/C29H25ClF3NO2S/c30-26-23-8-4-5-9-25(23)37-27(26)28(36)34(22-6-2-1-3-7-22)17-20-16-19(12-15-24(20)35)18-10-13-21(14-11-18)29(31,32)33/h4-5,8-16,22,35H,1-3,6-7,17H2. The summed E-state index contributed by atoms with van der Waals surface area (Å²) in [6.45, 7) is 0.175. The van der Waals surface area contributed by atoms with Gasteiger partial charge in [0.05, 0.1) is 10.6 Å². The van der Waals surface area contributed by atoms with Crippen molar-refractivity contribution >= 4 is 38.9 Å². The van der Waals surface area contributed by atoms with Gasteiger partial charge in [0, 0.05) is 28.2 Å². The summed E-state index contributed by atoms with van der Waals surface area (Å²) in [5.74, 6) is -0.135. The van der Waals surface area contributed by atoms with Crippen LogP contribution in [0, 0.1) is 0 Å². The first kappa shape index (κ1) is 25.6. The van der Waals surface area contributed by atoms with Crippen LogP contribution in [0.3, 0.4) is 0 Å². The predicted octanol–water partition coefficient (Wildman–Crippen LogP) is 8.92. The second-order valence-corrected chi connectivity index (χ2v) is 10.8. The largest absolute Gasteiger partial charge is 0.508 e. The minimum atomic E-state index is -4.41. The van der Waals surface area contributed by atoms with E-state index in [1.807, 2.05) is 24.3 Å². The lowest BCUT2D eigenvalue weighted by Crippen LogP contribution is -2.40. The summed E-state index contributed by atoms with van der Waals surface area (Å²) in [6.07, 6.45) is 0.490. The van der Waals surface area contributed by atoms with E-state index in [4.69, 9.17) is 11.6 Å². The first-order chi connectivity index (χ1) is 17.7. The van der Waals surface area contributed by atoms with Crippen LogP contribution >= 0.6 is 22.9 Å². The first-order valence-electron chi connectivity index (χ1n) is 12.2. The summed E-state index contributed by atoms with van der Waals surface area (Å²) in [6, 6.07) is 17.5. The topological polar surface area (TPSA) is 40.5 Å². The van der Waals surface area contributed by atoms with E-state index in [2.05, 4.69) is 0 Å². The first-order valence-corrected chi connectivity index (χ1v) is 13.4. The van der Waals surface area contributed by atoms with Gasteiger partial charge < -0.3 is 10.0 Å². The molecule has 0 aliphatic heterocycles. The molecule has 1 heterocycles. The van der Waals surface area contributed by atoms with E-state index in [1.165, 1.54) is 29.5 Å². The van der Waals surface area contributed by atoms with Crippen LogP contribution < -0.4 is 0 Å². The van der Waals surface area contributed by atoms with E-state index in [0.29, 0.717) is 26.6 Å². The Labute approximate surface area is 222 Å². The second kappa shape index (κ2) is 10.4. The number of aromatic hydroxyl groups is 1. The Bertz CT molecular complexity index is 1430. The van der Waals surface area contributed by atoms with E-state index >= 15 is 0 Å². The minimum absolute atomic E-state index is 0.0108. The highest BCUT2D eigenvalue weighted by atomic mass is 35.5. The fraction of sp³-hybridized carbons (Fsp3) is 0.276. The van der Waals surface area contributed by atoms with Crippen molar-refractivity contribution in [3.63, 3.8) is 0 Å². The number of nitrogens with zero attached hydrogens (tertiary/aromatic N) is 1. The molecule has 0 saturated heterocycles. The van der Waals surface area contributed by atoms with E-state index in [-0.39, 0.29) is 24.2 Å². The third kappa shape index (κ3) is 5.34. The van der Waals surface area contributed by atoms with Gasteiger partial charge in [-0.05, 0) is 54.3 Å². The van der Waals surface area contributed by atoms with E-state index in [9.17, 15) is 23.1 Å². The Morgan fingerprint density at radius 3 is 2.32 bits per heavy atom. The summed E-state index contributed by atoms with van der Waals surface area (Å²) < 4.78 is 39.9. The van der Waals surface area contributed by atoms with Crippen molar-refractivity contribution in [3.05, 3.63) is 87.8 Å². The van der Waals surface area contributed by atoms with Crippen LogP contribution in [0.25, 0.3) is 21.2 Å². The van der Waals surface area contributed by atoms with Crippen molar-refractivity contribution in [3.8, 4) is 16.9 Å². The number of thiophene rings is 1. The lowest BCUT2D eigenvalue weighted by atomic mass is 9.93. The third-order valence-electron chi connectivity index (χ3n) is 6.97. The van der Waals surface area contributed by atoms with Crippen LogP contribution in [0.5, 0.6) is 5.75 Å². The molecule has 5 rings (SSSR count). The molecule has 0 bridgehead atoms. The van der Waals surface area contributed by atoms with Gasteiger partial charge in [0.2, 0.25) is 0 Å². The fourth-order valence-electron chi connectivity index (χ4n) is 4.97. The smallest absolute Gasteiger partial charge is 0.416 e. The quantitative estimate of drug-likeness (QED) is 0.273. The Balaban J connectivity index is 1.49. The van der Waals surface area contributed by atoms with Crippen molar-refractivity contribution < 1.29 is 23.1 Å². The van der Waals surface area contributed by atoms with Crippen molar-refractivity contribution in [1.29, 1.82) is 0 Å². The maximum Gasteiger partial charge on any atom is 0.416 e. The monoisotopic (exact) mass is 543 g/mol. The van der Waals surface area contributed by atoms with Gasteiger partial charge in [-0.3, -0.25) is 4.79 Å². The lowest BCUT2D eigenvalue weighted by molar-refractivity contribution is -0.137. The summed E-state index contributed by atoms with van der Waals surface area (Å²) in [7, 11) is 0. The molecule has 1 saturated carbocycles. The molecule has 192 valence electrons. The highest BCUT2D eigenvalue weighted by Crippen LogP contribution is 2.38. The maximum atomic E-state index is 13.9. The Hall–Kier alpha value is -3.03. The summed E-state index contributed by atoms with van der Waals surface area (Å²) >= 11 is 8.02. The number of hydrogen-bond acceptors (Lipinski definition) is 3. The van der Waals surface area contributed by atoms with Crippen LogP contribution in [-0.4, -0.2) is 22.0 Å². The summed E-state index contributed by atoms with van der Waals surface area (Å²) in [5.41, 5.74) is 1.08. The van der Waals surface area contributed by atoms with Gasteiger partial charge >= 0.3 is 6.18 Å². The zero-order valence-corrected chi connectivity index (χ0v) is 21.5. The van der Waals surface area contributed by atoms with Gasteiger partial charge in [0.25, 0.3) is 5.91 Å². The number of amides is 1. The second-order valence-electron chi connectivity index (χ2n) is 9.38. The van der Waals surface area contributed by atoms with Gasteiger partial charge in [-0.1, -0.05) is 67.3 Å². The number of halogens is 4. The van der Waals surface area contributed by atoms with Gasteiger partial charge in [-0.15, -0.1) is 11.3 Å². The van der Waals surface area contributed by atoms with Crippen LogP contribution in [0.2, 0.25) is 5.02 Å². The molecule has 1 aliphatic carbocycles. The van der Waals surface area contributed by atoms with Crippen LogP contribution in [0.4, 0.5) is 13.2 Å². The van der Waals surface area contributed by atoms with Crippen molar-refractivity contribution in [2.24, 2.45) is 0 Å². The number of alkyl halides is 3. The maximum absolute atomic E-state index is 13.9. The number of benzene rings is 3. The SMILES string of the molecule is O=C(c1sc2ccccc2c1Cl)N(Cc1cc(-c2ccc(C(F)(F)F)cc2)ccc1O)C1CCCCC1. The van der Waals surface area contributed by atoms with Crippen molar-refractivity contribution in [2.45, 2.75) is 50.9 Å². The van der Waals surface area contributed by atoms with Crippen molar-refractivity contribution in [1.82, 2.24) is 4.90 Å². The molecule has 0 radical (unpaired) electrons. The van der Waals surface area contributed by atoms with Gasteiger partial charge in [0.15, 0.2) is 0 Å². The highest BCUT2D eigenvalue weighted by Gasteiger charge is 2.31. The lowest BCUT2D eigenvalue weighted by Gasteiger charge is -2.34. The van der Waals surface area contributed by atoms with Crippen molar-refractivity contribution in [2.75, 3.05) is 0 Å². The highest BCUT2D eigenvalue weighted by molar-refractivity contribution is 7.21. The Kier molecular flexibility index (Phi) is 7.19. The predicted molar refractivity (Wildman–Crippen MR) is 142 cm³/mol. The Morgan fingerprint density at radius 2 is 1.65 bits per heavy atom. The molecule has 0 spiro atoms. The number of carbonyl (C=O) groups excluding carboxylic acids is 1. The number of rotatable bonds is 5. The molecule has 1 N–H and O–H groups in total. The van der Waals surface area contributed by atoms with Gasteiger partial charge in [-0.25, -0.2) is 0 Å². The van der Waals surface area contributed by atoms with E-state index in [0.717, 1.165) is 54.3 Å².